The van der Waals surface area contributed by atoms with Crippen LogP contribution in [0.4, 0.5) is 5.69 Å². The molecule has 18 heavy (non-hydrogen) atoms. The van der Waals surface area contributed by atoms with E-state index in [1.165, 1.54) is 24.1 Å². The smallest absolute Gasteiger partial charge is 0.0606 e. The predicted octanol–water partition coefficient (Wildman–Crippen LogP) is 2.15. The molecule has 0 aliphatic heterocycles. The zero-order valence-electron chi connectivity index (χ0n) is 11.2. The van der Waals surface area contributed by atoms with Gasteiger partial charge in [-0.25, -0.2) is 0 Å². The largest absolute Gasteiger partial charge is 0.395 e. The van der Waals surface area contributed by atoms with Crippen molar-refractivity contribution >= 4 is 5.69 Å². The van der Waals surface area contributed by atoms with Crippen LogP contribution in [0.2, 0.25) is 0 Å². The Morgan fingerprint density at radius 1 is 1.22 bits per heavy atom. The molecule has 0 radical (unpaired) electrons. The summed E-state index contributed by atoms with van der Waals surface area (Å²) in [6, 6.07) is 9.45. The average molecular weight is 248 g/mol. The molecule has 1 aliphatic carbocycles. The Morgan fingerprint density at radius 3 is 2.50 bits per heavy atom. The van der Waals surface area contributed by atoms with Crippen molar-refractivity contribution in [2.75, 3.05) is 24.6 Å². The summed E-state index contributed by atoms with van der Waals surface area (Å²) >= 11 is 0. The zero-order valence-corrected chi connectivity index (χ0v) is 11.2. The Kier molecular flexibility index (Phi) is 5.02. The lowest BCUT2D eigenvalue weighted by Gasteiger charge is -2.23. The summed E-state index contributed by atoms with van der Waals surface area (Å²) in [7, 11) is 0. The molecule has 2 N–H and O–H groups in total. The lowest BCUT2D eigenvalue weighted by atomic mass is 10.2. The minimum Gasteiger partial charge on any atom is -0.395 e. The number of rotatable bonds is 8. The van der Waals surface area contributed by atoms with E-state index in [-0.39, 0.29) is 6.61 Å². The van der Waals surface area contributed by atoms with E-state index in [9.17, 15) is 0 Å². The first kappa shape index (κ1) is 13.4. The quantitative estimate of drug-likeness (QED) is 0.740. The third kappa shape index (κ3) is 4.00. The number of aliphatic hydroxyl groups is 1. The topological polar surface area (TPSA) is 35.5 Å². The maximum absolute atomic E-state index is 9.08. The lowest BCUT2D eigenvalue weighted by Crippen LogP contribution is -2.27. The number of nitrogens with zero attached hydrogens (tertiary/aromatic N) is 1. The van der Waals surface area contributed by atoms with Crippen LogP contribution in [-0.2, 0) is 6.54 Å². The van der Waals surface area contributed by atoms with Gasteiger partial charge in [0.2, 0.25) is 0 Å². The van der Waals surface area contributed by atoms with Gasteiger partial charge in [-0.1, -0.05) is 19.1 Å². The van der Waals surface area contributed by atoms with E-state index in [4.69, 9.17) is 5.11 Å². The Labute approximate surface area is 110 Å². The van der Waals surface area contributed by atoms with Crippen molar-refractivity contribution in [3.8, 4) is 0 Å². The van der Waals surface area contributed by atoms with Gasteiger partial charge in [0.15, 0.2) is 0 Å². The predicted molar refractivity (Wildman–Crippen MR) is 75.9 cm³/mol. The standard InChI is InChI=1S/C15H24N2O/c1-2-9-17(10-11-18)15-7-3-13(4-8-15)12-16-14-5-6-14/h3-4,7-8,14,16,18H,2,5-6,9-12H2,1H3. The molecule has 1 aromatic carbocycles. The number of hydrogen-bond donors (Lipinski definition) is 2. The molecule has 0 saturated heterocycles. The highest BCUT2D eigenvalue weighted by Crippen LogP contribution is 2.20. The second-order valence-electron chi connectivity index (χ2n) is 5.03. The fraction of sp³-hybridized carbons (Fsp3) is 0.600. The van der Waals surface area contributed by atoms with Gasteiger partial charge in [0.1, 0.15) is 0 Å². The van der Waals surface area contributed by atoms with Crippen LogP contribution in [0.25, 0.3) is 0 Å². The van der Waals surface area contributed by atoms with Crippen LogP contribution >= 0.6 is 0 Å². The summed E-state index contributed by atoms with van der Waals surface area (Å²) in [5.41, 5.74) is 2.55. The second-order valence-corrected chi connectivity index (χ2v) is 5.03. The second kappa shape index (κ2) is 6.76. The van der Waals surface area contributed by atoms with Crippen molar-refractivity contribution in [2.24, 2.45) is 0 Å². The molecule has 1 aromatic rings. The molecule has 1 aliphatic rings. The number of aliphatic hydroxyl groups excluding tert-OH is 1. The van der Waals surface area contributed by atoms with E-state index < -0.39 is 0 Å². The zero-order chi connectivity index (χ0) is 12.8. The van der Waals surface area contributed by atoms with Crippen LogP contribution in [0.3, 0.4) is 0 Å². The minimum absolute atomic E-state index is 0.213. The van der Waals surface area contributed by atoms with E-state index in [1.807, 2.05) is 0 Å². The van der Waals surface area contributed by atoms with E-state index in [1.54, 1.807) is 0 Å². The molecule has 100 valence electrons. The SMILES string of the molecule is CCCN(CCO)c1ccc(CNC2CC2)cc1. The van der Waals surface area contributed by atoms with Crippen LogP contribution in [0.1, 0.15) is 31.7 Å². The summed E-state index contributed by atoms with van der Waals surface area (Å²) in [6.45, 7) is 5.07. The highest BCUT2D eigenvalue weighted by atomic mass is 16.3. The molecule has 1 fully saturated rings. The first-order valence-electron chi connectivity index (χ1n) is 7.01. The lowest BCUT2D eigenvalue weighted by molar-refractivity contribution is 0.302. The molecule has 0 bridgehead atoms. The molecule has 3 nitrogen and oxygen atoms in total. The van der Waals surface area contributed by atoms with Crippen LogP contribution in [0.5, 0.6) is 0 Å². The number of hydrogen-bond acceptors (Lipinski definition) is 3. The van der Waals surface area contributed by atoms with Crippen LogP contribution in [0.15, 0.2) is 24.3 Å². The molecule has 0 spiro atoms. The first-order chi connectivity index (χ1) is 8.83. The number of nitrogens with one attached hydrogen (secondary N) is 1. The van der Waals surface area contributed by atoms with Gasteiger partial charge in [-0.2, -0.15) is 0 Å². The van der Waals surface area contributed by atoms with Crippen LogP contribution in [-0.4, -0.2) is 30.8 Å². The van der Waals surface area contributed by atoms with Crippen LogP contribution < -0.4 is 10.2 Å². The molecular formula is C15H24N2O. The highest BCUT2D eigenvalue weighted by molar-refractivity contribution is 5.47. The van der Waals surface area contributed by atoms with Crippen molar-refractivity contribution in [3.63, 3.8) is 0 Å². The molecule has 2 rings (SSSR count). The van der Waals surface area contributed by atoms with Gasteiger partial charge in [0.25, 0.3) is 0 Å². The van der Waals surface area contributed by atoms with Crippen molar-refractivity contribution in [1.29, 1.82) is 0 Å². The van der Waals surface area contributed by atoms with Gasteiger partial charge < -0.3 is 15.3 Å². The fourth-order valence-corrected chi connectivity index (χ4v) is 2.13. The Hall–Kier alpha value is -1.06. The van der Waals surface area contributed by atoms with E-state index in [2.05, 4.69) is 41.4 Å². The summed E-state index contributed by atoms with van der Waals surface area (Å²) in [4.78, 5) is 2.23. The molecule has 0 amide bonds. The van der Waals surface area contributed by atoms with Gasteiger partial charge >= 0.3 is 0 Å². The summed E-state index contributed by atoms with van der Waals surface area (Å²) in [5.74, 6) is 0. The van der Waals surface area contributed by atoms with Gasteiger partial charge in [-0.05, 0) is 37.0 Å². The van der Waals surface area contributed by atoms with Gasteiger partial charge in [-0.3, -0.25) is 0 Å². The Morgan fingerprint density at radius 2 is 1.94 bits per heavy atom. The normalized spacial score (nSPS) is 14.8. The summed E-state index contributed by atoms with van der Waals surface area (Å²) < 4.78 is 0. The molecule has 1 saturated carbocycles. The molecule has 0 aromatic heterocycles. The van der Waals surface area contributed by atoms with Crippen molar-refractivity contribution in [3.05, 3.63) is 29.8 Å². The first-order valence-corrected chi connectivity index (χ1v) is 7.01. The van der Waals surface area contributed by atoms with Crippen molar-refractivity contribution < 1.29 is 5.11 Å². The summed E-state index contributed by atoms with van der Waals surface area (Å²) in [6.07, 6.45) is 3.77. The minimum atomic E-state index is 0.213. The van der Waals surface area contributed by atoms with Crippen molar-refractivity contribution in [2.45, 2.75) is 38.8 Å². The highest BCUT2D eigenvalue weighted by Gasteiger charge is 2.19. The van der Waals surface area contributed by atoms with E-state index in [0.29, 0.717) is 6.54 Å². The van der Waals surface area contributed by atoms with Gasteiger partial charge in [0.05, 0.1) is 6.61 Å². The molecule has 0 unspecified atom stereocenters. The van der Waals surface area contributed by atoms with Crippen molar-refractivity contribution in [1.82, 2.24) is 5.32 Å². The third-order valence-electron chi connectivity index (χ3n) is 3.34. The average Bonchev–Trinajstić information content (AvgIpc) is 3.21. The Bertz CT molecular complexity index is 340. The Balaban J connectivity index is 1.90. The van der Waals surface area contributed by atoms with Crippen LogP contribution in [0, 0.1) is 0 Å². The monoisotopic (exact) mass is 248 g/mol. The molecule has 3 heteroatoms. The molecular weight excluding hydrogens is 224 g/mol. The molecule has 0 atom stereocenters. The van der Waals surface area contributed by atoms with E-state index in [0.717, 1.165) is 25.6 Å². The number of anilines is 1. The maximum atomic E-state index is 9.08. The molecule has 0 heterocycles. The fourth-order valence-electron chi connectivity index (χ4n) is 2.13. The van der Waals surface area contributed by atoms with E-state index >= 15 is 0 Å². The number of benzene rings is 1. The van der Waals surface area contributed by atoms with Gasteiger partial charge in [0, 0.05) is 31.4 Å². The van der Waals surface area contributed by atoms with Gasteiger partial charge in [-0.15, -0.1) is 0 Å². The maximum Gasteiger partial charge on any atom is 0.0606 e. The third-order valence-corrected chi connectivity index (χ3v) is 3.34. The summed E-state index contributed by atoms with van der Waals surface area (Å²) in [5, 5.41) is 12.6.